The predicted octanol–water partition coefficient (Wildman–Crippen LogP) is 4.18. The SMILES string of the molecule is Cc1ccc(C(C)(N)c2ccc(Cl)cc2)c(C)c1. The third-order valence-electron chi connectivity index (χ3n) is 3.39. The van der Waals surface area contributed by atoms with Crippen molar-refractivity contribution in [3.05, 3.63) is 69.7 Å². The van der Waals surface area contributed by atoms with Gasteiger partial charge in [-0.25, -0.2) is 0 Å². The van der Waals surface area contributed by atoms with E-state index in [1.54, 1.807) is 0 Å². The number of aryl methyl sites for hydroxylation is 2. The van der Waals surface area contributed by atoms with Crippen LogP contribution in [0.4, 0.5) is 0 Å². The molecule has 2 aromatic rings. The Hall–Kier alpha value is -1.31. The molecule has 0 aromatic heterocycles. The number of rotatable bonds is 2. The van der Waals surface area contributed by atoms with E-state index in [1.165, 1.54) is 11.1 Å². The zero-order valence-corrected chi connectivity index (χ0v) is 11.8. The van der Waals surface area contributed by atoms with Gasteiger partial charge < -0.3 is 5.73 Å². The van der Waals surface area contributed by atoms with Crippen LogP contribution in [-0.4, -0.2) is 0 Å². The van der Waals surface area contributed by atoms with E-state index in [0.717, 1.165) is 16.1 Å². The maximum absolute atomic E-state index is 6.52. The molecule has 0 spiro atoms. The third kappa shape index (κ3) is 2.43. The summed E-state index contributed by atoms with van der Waals surface area (Å²) in [5.41, 5.74) is 10.7. The molecule has 0 bridgehead atoms. The molecule has 0 aliphatic heterocycles. The molecule has 0 fully saturated rings. The molecule has 0 heterocycles. The molecule has 0 saturated carbocycles. The summed E-state index contributed by atoms with van der Waals surface area (Å²) < 4.78 is 0. The fourth-order valence-electron chi connectivity index (χ4n) is 2.35. The Bertz CT molecular complexity index is 556. The average Bonchev–Trinajstić information content (AvgIpc) is 2.29. The second kappa shape index (κ2) is 4.75. The van der Waals surface area contributed by atoms with Crippen molar-refractivity contribution in [3.63, 3.8) is 0 Å². The zero-order chi connectivity index (χ0) is 13.3. The monoisotopic (exact) mass is 259 g/mol. The summed E-state index contributed by atoms with van der Waals surface area (Å²) in [4.78, 5) is 0. The van der Waals surface area contributed by atoms with Gasteiger partial charge in [0.15, 0.2) is 0 Å². The van der Waals surface area contributed by atoms with E-state index in [0.29, 0.717) is 0 Å². The van der Waals surface area contributed by atoms with Crippen LogP contribution in [-0.2, 0) is 5.54 Å². The van der Waals surface area contributed by atoms with Crippen LogP contribution in [0.2, 0.25) is 5.02 Å². The van der Waals surface area contributed by atoms with Crippen molar-refractivity contribution in [2.75, 3.05) is 0 Å². The number of hydrogen-bond donors (Lipinski definition) is 1. The summed E-state index contributed by atoms with van der Waals surface area (Å²) in [5.74, 6) is 0. The van der Waals surface area contributed by atoms with Crippen LogP contribution in [0.25, 0.3) is 0 Å². The summed E-state index contributed by atoms with van der Waals surface area (Å²) in [5, 5.41) is 0.732. The highest BCUT2D eigenvalue weighted by molar-refractivity contribution is 6.30. The maximum Gasteiger partial charge on any atom is 0.0639 e. The average molecular weight is 260 g/mol. The standard InChI is InChI=1S/C16H18ClN/c1-11-4-9-15(12(2)10-11)16(3,18)13-5-7-14(17)8-6-13/h4-10H,18H2,1-3H3. The van der Waals surface area contributed by atoms with Gasteiger partial charge in [-0.1, -0.05) is 47.5 Å². The molecular formula is C16H18ClN. The number of nitrogens with two attached hydrogens (primary N) is 1. The van der Waals surface area contributed by atoms with Gasteiger partial charge in [-0.15, -0.1) is 0 Å². The molecular weight excluding hydrogens is 242 g/mol. The van der Waals surface area contributed by atoms with Crippen molar-refractivity contribution < 1.29 is 0 Å². The van der Waals surface area contributed by atoms with Gasteiger partial charge in [0.25, 0.3) is 0 Å². The highest BCUT2D eigenvalue weighted by atomic mass is 35.5. The largest absolute Gasteiger partial charge is 0.318 e. The fourth-order valence-corrected chi connectivity index (χ4v) is 2.47. The Morgan fingerprint density at radius 2 is 1.61 bits per heavy atom. The summed E-state index contributed by atoms with van der Waals surface area (Å²) in [6.07, 6.45) is 0. The first-order chi connectivity index (χ1) is 8.41. The highest BCUT2D eigenvalue weighted by Gasteiger charge is 2.25. The lowest BCUT2D eigenvalue weighted by atomic mass is 9.83. The van der Waals surface area contributed by atoms with E-state index >= 15 is 0 Å². The van der Waals surface area contributed by atoms with Crippen molar-refractivity contribution >= 4 is 11.6 Å². The quantitative estimate of drug-likeness (QED) is 0.860. The van der Waals surface area contributed by atoms with E-state index in [-0.39, 0.29) is 0 Å². The van der Waals surface area contributed by atoms with Crippen molar-refractivity contribution in [2.45, 2.75) is 26.3 Å². The smallest absolute Gasteiger partial charge is 0.0639 e. The molecule has 1 atom stereocenters. The van der Waals surface area contributed by atoms with Gasteiger partial charge in [-0.3, -0.25) is 0 Å². The molecule has 0 amide bonds. The first-order valence-corrected chi connectivity index (χ1v) is 6.42. The van der Waals surface area contributed by atoms with Crippen molar-refractivity contribution in [1.29, 1.82) is 0 Å². The predicted molar refractivity (Wildman–Crippen MR) is 78.0 cm³/mol. The van der Waals surface area contributed by atoms with E-state index in [2.05, 4.69) is 32.0 Å². The lowest BCUT2D eigenvalue weighted by molar-refractivity contribution is 0.599. The molecule has 2 heteroatoms. The second-order valence-electron chi connectivity index (χ2n) is 5.03. The minimum atomic E-state index is -0.498. The first kappa shape index (κ1) is 13.1. The Balaban J connectivity index is 2.50. The molecule has 0 aliphatic rings. The minimum absolute atomic E-state index is 0.498. The number of halogens is 1. The van der Waals surface area contributed by atoms with Crippen LogP contribution < -0.4 is 5.73 Å². The normalized spacial score (nSPS) is 14.3. The Labute approximate surface area is 114 Å². The maximum atomic E-state index is 6.52. The van der Waals surface area contributed by atoms with Crippen LogP contribution in [0.15, 0.2) is 42.5 Å². The van der Waals surface area contributed by atoms with Crippen LogP contribution in [0, 0.1) is 13.8 Å². The molecule has 1 nitrogen and oxygen atoms in total. The van der Waals surface area contributed by atoms with E-state index < -0.39 is 5.54 Å². The second-order valence-corrected chi connectivity index (χ2v) is 5.46. The van der Waals surface area contributed by atoms with Crippen molar-refractivity contribution in [1.82, 2.24) is 0 Å². The summed E-state index contributed by atoms with van der Waals surface area (Å²) in [6.45, 7) is 6.23. The Morgan fingerprint density at radius 3 is 2.17 bits per heavy atom. The Morgan fingerprint density at radius 1 is 1.00 bits per heavy atom. The van der Waals surface area contributed by atoms with E-state index in [4.69, 9.17) is 17.3 Å². The fraction of sp³-hybridized carbons (Fsp3) is 0.250. The molecule has 2 aromatic carbocycles. The molecule has 0 radical (unpaired) electrons. The van der Waals surface area contributed by atoms with Gasteiger partial charge in [-0.2, -0.15) is 0 Å². The van der Waals surface area contributed by atoms with Crippen LogP contribution >= 0.6 is 11.6 Å². The highest BCUT2D eigenvalue weighted by Crippen LogP contribution is 2.30. The molecule has 2 rings (SSSR count). The van der Waals surface area contributed by atoms with Gasteiger partial charge in [0.1, 0.15) is 0 Å². The van der Waals surface area contributed by atoms with E-state index in [9.17, 15) is 0 Å². The van der Waals surface area contributed by atoms with Crippen LogP contribution in [0.3, 0.4) is 0 Å². The number of hydrogen-bond acceptors (Lipinski definition) is 1. The van der Waals surface area contributed by atoms with Gasteiger partial charge in [0.05, 0.1) is 5.54 Å². The third-order valence-corrected chi connectivity index (χ3v) is 3.64. The molecule has 2 N–H and O–H groups in total. The molecule has 0 aliphatic carbocycles. The van der Waals surface area contributed by atoms with Crippen LogP contribution in [0.5, 0.6) is 0 Å². The van der Waals surface area contributed by atoms with Gasteiger partial charge in [0, 0.05) is 5.02 Å². The zero-order valence-electron chi connectivity index (χ0n) is 11.0. The number of benzene rings is 2. The summed E-state index contributed by atoms with van der Waals surface area (Å²) >= 11 is 5.92. The Kier molecular flexibility index (Phi) is 3.47. The van der Waals surface area contributed by atoms with Gasteiger partial charge >= 0.3 is 0 Å². The first-order valence-electron chi connectivity index (χ1n) is 6.04. The molecule has 0 saturated heterocycles. The summed E-state index contributed by atoms with van der Waals surface area (Å²) in [6, 6.07) is 14.1. The summed E-state index contributed by atoms with van der Waals surface area (Å²) in [7, 11) is 0. The minimum Gasteiger partial charge on any atom is -0.318 e. The topological polar surface area (TPSA) is 26.0 Å². The van der Waals surface area contributed by atoms with Crippen molar-refractivity contribution in [2.24, 2.45) is 5.73 Å². The van der Waals surface area contributed by atoms with Gasteiger partial charge in [-0.05, 0) is 49.6 Å². The van der Waals surface area contributed by atoms with Crippen molar-refractivity contribution in [3.8, 4) is 0 Å². The van der Waals surface area contributed by atoms with Crippen LogP contribution in [0.1, 0.15) is 29.2 Å². The van der Waals surface area contributed by atoms with Gasteiger partial charge in [0.2, 0.25) is 0 Å². The lowest BCUT2D eigenvalue weighted by Crippen LogP contribution is -2.35. The molecule has 94 valence electrons. The lowest BCUT2D eigenvalue weighted by Gasteiger charge is -2.28. The molecule has 1 unspecified atom stereocenters. The molecule has 18 heavy (non-hydrogen) atoms. The van der Waals surface area contributed by atoms with E-state index in [1.807, 2.05) is 31.2 Å².